The molecule has 88 valence electrons. The van der Waals surface area contributed by atoms with Crippen LogP contribution in [0.4, 0.5) is 0 Å². The van der Waals surface area contributed by atoms with Crippen LogP contribution >= 0.6 is 0 Å². The minimum absolute atomic E-state index is 0.884. The molecule has 0 saturated heterocycles. The van der Waals surface area contributed by atoms with E-state index >= 15 is 0 Å². The molecule has 0 unspecified atom stereocenters. The molecule has 0 aliphatic heterocycles. The highest BCUT2D eigenvalue weighted by Crippen LogP contribution is 2.22. The molecule has 0 aliphatic rings. The van der Waals surface area contributed by atoms with E-state index in [1.807, 2.05) is 72.3 Å². The standard InChI is InChI=1S/C15H13N3/c1-18-14(12-8-4-2-5-9-12)16-17-15(18)13-10-6-3-7-11-13/h2-11H,1H3. The summed E-state index contributed by atoms with van der Waals surface area (Å²) in [7, 11) is 1.99. The summed E-state index contributed by atoms with van der Waals surface area (Å²) in [5, 5.41) is 8.55. The number of benzene rings is 2. The van der Waals surface area contributed by atoms with Gasteiger partial charge in [0.1, 0.15) is 0 Å². The van der Waals surface area contributed by atoms with Gasteiger partial charge in [-0.2, -0.15) is 0 Å². The fraction of sp³-hybridized carbons (Fsp3) is 0.0667. The van der Waals surface area contributed by atoms with Crippen molar-refractivity contribution >= 4 is 0 Å². The minimum Gasteiger partial charge on any atom is -0.310 e. The first kappa shape index (κ1) is 10.7. The molecule has 3 heteroatoms. The van der Waals surface area contributed by atoms with Gasteiger partial charge in [-0.3, -0.25) is 0 Å². The largest absolute Gasteiger partial charge is 0.310 e. The van der Waals surface area contributed by atoms with Crippen LogP contribution in [0.3, 0.4) is 0 Å². The van der Waals surface area contributed by atoms with Crippen molar-refractivity contribution in [3.05, 3.63) is 60.7 Å². The Labute approximate surface area is 106 Å². The third-order valence-electron chi connectivity index (χ3n) is 2.94. The van der Waals surface area contributed by atoms with Crippen LogP contribution in [0.15, 0.2) is 60.7 Å². The highest BCUT2D eigenvalue weighted by atomic mass is 15.3. The van der Waals surface area contributed by atoms with E-state index in [2.05, 4.69) is 10.2 Å². The zero-order chi connectivity index (χ0) is 12.4. The third-order valence-corrected chi connectivity index (χ3v) is 2.94. The lowest BCUT2D eigenvalue weighted by molar-refractivity contribution is 0.930. The summed E-state index contributed by atoms with van der Waals surface area (Å²) in [6.45, 7) is 0. The zero-order valence-electron chi connectivity index (χ0n) is 10.1. The summed E-state index contributed by atoms with van der Waals surface area (Å²) < 4.78 is 2.02. The van der Waals surface area contributed by atoms with Gasteiger partial charge in [0.2, 0.25) is 0 Å². The minimum atomic E-state index is 0.884. The van der Waals surface area contributed by atoms with E-state index in [9.17, 15) is 0 Å². The van der Waals surface area contributed by atoms with Gasteiger partial charge in [0.15, 0.2) is 11.6 Å². The molecule has 0 atom stereocenters. The molecule has 18 heavy (non-hydrogen) atoms. The first-order chi connectivity index (χ1) is 8.86. The van der Waals surface area contributed by atoms with Gasteiger partial charge in [-0.1, -0.05) is 60.7 Å². The summed E-state index contributed by atoms with van der Waals surface area (Å²) in [6.07, 6.45) is 0. The summed E-state index contributed by atoms with van der Waals surface area (Å²) in [5.41, 5.74) is 2.16. The zero-order valence-corrected chi connectivity index (χ0v) is 10.1. The highest BCUT2D eigenvalue weighted by molar-refractivity contribution is 5.62. The van der Waals surface area contributed by atoms with Crippen molar-refractivity contribution < 1.29 is 0 Å². The van der Waals surface area contributed by atoms with Gasteiger partial charge in [-0.15, -0.1) is 10.2 Å². The van der Waals surface area contributed by atoms with Crippen LogP contribution in [0.25, 0.3) is 22.8 Å². The average molecular weight is 235 g/mol. The molecular weight excluding hydrogens is 222 g/mol. The smallest absolute Gasteiger partial charge is 0.163 e. The van der Waals surface area contributed by atoms with Gasteiger partial charge in [-0.05, 0) is 0 Å². The number of rotatable bonds is 2. The predicted octanol–water partition coefficient (Wildman–Crippen LogP) is 3.15. The van der Waals surface area contributed by atoms with E-state index in [1.54, 1.807) is 0 Å². The number of hydrogen-bond donors (Lipinski definition) is 0. The second-order valence-corrected chi connectivity index (χ2v) is 4.14. The van der Waals surface area contributed by atoms with Crippen LogP contribution in [-0.2, 0) is 7.05 Å². The molecule has 0 aliphatic carbocycles. The Kier molecular flexibility index (Phi) is 2.65. The van der Waals surface area contributed by atoms with Crippen LogP contribution < -0.4 is 0 Å². The van der Waals surface area contributed by atoms with E-state index in [-0.39, 0.29) is 0 Å². The quantitative estimate of drug-likeness (QED) is 0.683. The molecule has 1 heterocycles. The van der Waals surface area contributed by atoms with Crippen molar-refractivity contribution in [3.63, 3.8) is 0 Å². The lowest BCUT2D eigenvalue weighted by atomic mass is 10.2. The van der Waals surface area contributed by atoms with E-state index in [0.29, 0.717) is 0 Å². The molecular formula is C15H13N3. The molecule has 0 N–H and O–H groups in total. The molecule has 3 nitrogen and oxygen atoms in total. The average Bonchev–Trinajstić information content (AvgIpc) is 2.83. The van der Waals surface area contributed by atoms with Crippen molar-refractivity contribution in [1.82, 2.24) is 14.8 Å². The molecule has 0 spiro atoms. The maximum atomic E-state index is 4.28. The Balaban J connectivity index is 2.09. The molecule has 0 fully saturated rings. The maximum Gasteiger partial charge on any atom is 0.163 e. The van der Waals surface area contributed by atoms with Gasteiger partial charge in [0.05, 0.1) is 0 Å². The monoisotopic (exact) mass is 235 g/mol. The lowest BCUT2D eigenvalue weighted by Crippen LogP contribution is -1.95. The Morgan fingerprint density at radius 2 is 1.06 bits per heavy atom. The molecule has 1 aromatic heterocycles. The predicted molar refractivity (Wildman–Crippen MR) is 71.9 cm³/mol. The SMILES string of the molecule is Cn1c(-c2ccccc2)nnc1-c1ccccc1. The van der Waals surface area contributed by atoms with Crippen LogP contribution in [0.1, 0.15) is 0 Å². The number of hydrogen-bond acceptors (Lipinski definition) is 2. The van der Waals surface area contributed by atoms with Gasteiger partial charge >= 0.3 is 0 Å². The van der Waals surface area contributed by atoms with Gasteiger partial charge in [-0.25, -0.2) is 0 Å². The summed E-state index contributed by atoms with van der Waals surface area (Å²) in [6, 6.07) is 20.2. The normalized spacial score (nSPS) is 10.5. The van der Waals surface area contributed by atoms with Crippen molar-refractivity contribution in [1.29, 1.82) is 0 Å². The van der Waals surface area contributed by atoms with Crippen LogP contribution in [0.2, 0.25) is 0 Å². The molecule has 0 radical (unpaired) electrons. The molecule has 0 saturated carbocycles. The van der Waals surface area contributed by atoms with E-state index in [0.717, 1.165) is 22.8 Å². The fourth-order valence-electron chi connectivity index (χ4n) is 2.01. The van der Waals surface area contributed by atoms with Gasteiger partial charge in [0.25, 0.3) is 0 Å². The lowest BCUT2D eigenvalue weighted by Gasteiger charge is -2.03. The van der Waals surface area contributed by atoms with Gasteiger partial charge in [0, 0.05) is 18.2 Å². The second kappa shape index (κ2) is 4.45. The van der Waals surface area contributed by atoms with Crippen molar-refractivity contribution in [2.24, 2.45) is 7.05 Å². The van der Waals surface area contributed by atoms with E-state index in [4.69, 9.17) is 0 Å². The van der Waals surface area contributed by atoms with Crippen molar-refractivity contribution in [3.8, 4) is 22.8 Å². The molecule has 0 bridgehead atoms. The van der Waals surface area contributed by atoms with E-state index < -0.39 is 0 Å². The third kappa shape index (κ3) is 1.80. The summed E-state index contributed by atoms with van der Waals surface area (Å²) in [4.78, 5) is 0. The maximum absolute atomic E-state index is 4.28. The first-order valence-corrected chi connectivity index (χ1v) is 5.86. The highest BCUT2D eigenvalue weighted by Gasteiger charge is 2.11. The number of nitrogens with zero attached hydrogens (tertiary/aromatic N) is 3. The van der Waals surface area contributed by atoms with Crippen molar-refractivity contribution in [2.75, 3.05) is 0 Å². The fourth-order valence-corrected chi connectivity index (χ4v) is 2.01. The summed E-state index contributed by atoms with van der Waals surface area (Å²) in [5.74, 6) is 1.77. The molecule has 3 rings (SSSR count). The van der Waals surface area contributed by atoms with Crippen molar-refractivity contribution in [2.45, 2.75) is 0 Å². The second-order valence-electron chi connectivity index (χ2n) is 4.14. The van der Waals surface area contributed by atoms with E-state index in [1.165, 1.54) is 0 Å². The van der Waals surface area contributed by atoms with Crippen LogP contribution in [-0.4, -0.2) is 14.8 Å². The van der Waals surface area contributed by atoms with Gasteiger partial charge < -0.3 is 4.57 Å². The Hall–Kier alpha value is -2.42. The summed E-state index contributed by atoms with van der Waals surface area (Å²) >= 11 is 0. The Bertz CT molecular complexity index is 585. The Morgan fingerprint density at radius 3 is 1.44 bits per heavy atom. The Morgan fingerprint density at radius 1 is 0.667 bits per heavy atom. The van der Waals surface area contributed by atoms with Crippen LogP contribution in [0.5, 0.6) is 0 Å². The molecule has 0 amide bonds. The molecule has 3 aromatic rings. The topological polar surface area (TPSA) is 30.7 Å². The number of aromatic nitrogens is 3. The molecule has 2 aromatic carbocycles. The first-order valence-electron chi connectivity index (χ1n) is 5.86. The van der Waals surface area contributed by atoms with Crippen LogP contribution in [0, 0.1) is 0 Å².